The molecule has 1 aromatic heterocycles. The van der Waals surface area contributed by atoms with Gasteiger partial charge < -0.3 is 19.7 Å². The fraction of sp³-hybridized carbons (Fsp3) is 0.412. The molecule has 0 aliphatic carbocycles. The van der Waals surface area contributed by atoms with E-state index in [1.165, 1.54) is 5.56 Å². The maximum atomic E-state index is 5.34. The second-order valence-corrected chi connectivity index (χ2v) is 5.45. The number of aromatic nitrogens is 2. The summed E-state index contributed by atoms with van der Waals surface area (Å²) in [5, 5.41) is 3.40. The Hall–Kier alpha value is -2.18. The van der Waals surface area contributed by atoms with Gasteiger partial charge in [-0.2, -0.15) is 0 Å². The maximum Gasteiger partial charge on any atom is 0.225 e. The number of benzene rings is 1. The SMILES string of the molecule is COc1cccc(CNCc2cnc(N3CCOCC3)nc2)c1. The van der Waals surface area contributed by atoms with Crippen LogP contribution in [0, 0.1) is 0 Å². The summed E-state index contributed by atoms with van der Waals surface area (Å²) < 4.78 is 10.6. The van der Waals surface area contributed by atoms with Crippen LogP contribution in [0.15, 0.2) is 36.7 Å². The molecular weight excluding hydrogens is 292 g/mol. The van der Waals surface area contributed by atoms with Crippen molar-refractivity contribution in [3.63, 3.8) is 0 Å². The summed E-state index contributed by atoms with van der Waals surface area (Å²) in [6.45, 7) is 4.71. The van der Waals surface area contributed by atoms with E-state index in [1.54, 1.807) is 7.11 Å². The minimum absolute atomic E-state index is 0.737. The number of anilines is 1. The second-order valence-electron chi connectivity index (χ2n) is 5.45. The standard InChI is InChI=1S/C17H22N4O2/c1-22-16-4-2-3-14(9-16)10-18-11-15-12-19-17(20-13-15)21-5-7-23-8-6-21/h2-4,9,12-13,18H,5-8,10-11H2,1H3. The maximum absolute atomic E-state index is 5.34. The van der Waals surface area contributed by atoms with Crippen LogP contribution in [0.5, 0.6) is 5.75 Å². The van der Waals surface area contributed by atoms with Gasteiger partial charge in [0.1, 0.15) is 5.75 Å². The normalized spacial score (nSPS) is 14.7. The van der Waals surface area contributed by atoms with Crippen LogP contribution in [0.1, 0.15) is 11.1 Å². The molecule has 0 unspecified atom stereocenters. The highest BCUT2D eigenvalue weighted by Gasteiger charge is 2.13. The number of nitrogens with zero attached hydrogens (tertiary/aromatic N) is 3. The predicted molar refractivity (Wildman–Crippen MR) is 88.6 cm³/mol. The Bertz CT molecular complexity index is 612. The summed E-state index contributed by atoms with van der Waals surface area (Å²) in [6.07, 6.45) is 3.77. The van der Waals surface area contributed by atoms with Gasteiger partial charge in [-0.15, -0.1) is 0 Å². The van der Waals surface area contributed by atoms with Crippen molar-refractivity contribution in [2.45, 2.75) is 13.1 Å². The van der Waals surface area contributed by atoms with Gasteiger partial charge in [0.25, 0.3) is 0 Å². The van der Waals surface area contributed by atoms with E-state index in [2.05, 4.69) is 26.3 Å². The van der Waals surface area contributed by atoms with Gasteiger partial charge >= 0.3 is 0 Å². The first kappa shape index (κ1) is 15.7. The third kappa shape index (κ3) is 4.40. The van der Waals surface area contributed by atoms with Crippen LogP contribution in [0.2, 0.25) is 0 Å². The molecule has 1 saturated heterocycles. The first-order valence-corrected chi connectivity index (χ1v) is 7.82. The predicted octanol–water partition coefficient (Wildman–Crippen LogP) is 1.61. The third-order valence-electron chi connectivity index (χ3n) is 3.78. The molecule has 3 rings (SSSR count). The molecule has 6 nitrogen and oxygen atoms in total. The molecule has 6 heteroatoms. The van der Waals surface area contributed by atoms with E-state index in [9.17, 15) is 0 Å². The lowest BCUT2D eigenvalue weighted by Gasteiger charge is -2.26. The lowest BCUT2D eigenvalue weighted by atomic mass is 10.2. The molecule has 2 heterocycles. The molecule has 0 saturated carbocycles. The molecule has 0 amide bonds. The van der Waals surface area contributed by atoms with Gasteiger partial charge in [0.2, 0.25) is 5.95 Å². The van der Waals surface area contributed by atoms with Gasteiger partial charge in [0.05, 0.1) is 20.3 Å². The first-order valence-electron chi connectivity index (χ1n) is 7.82. The Kier molecular flexibility index (Phi) is 5.39. The van der Waals surface area contributed by atoms with E-state index < -0.39 is 0 Å². The molecule has 0 atom stereocenters. The van der Waals surface area contributed by atoms with E-state index in [0.29, 0.717) is 0 Å². The van der Waals surface area contributed by atoms with Crippen molar-refractivity contribution in [2.24, 2.45) is 0 Å². The van der Waals surface area contributed by atoms with E-state index in [4.69, 9.17) is 9.47 Å². The van der Waals surface area contributed by atoms with Crippen LogP contribution < -0.4 is 15.0 Å². The molecule has 1 N–H and O–H groups in total. The zero-order valence-electron chi connectivity index (χ0n) is 13.4. The largest absolute Gasteiger partial charge is 0.497 e. The van der Waals surface area contributed by atoms with Gasteiger partial charge in [-0.25, -0.2) is 9.97 Å². The number of nitrogens with one attached hydrogen (secondary N) is 1. The average Bonchev–Trinajstić information content (AvgIpc) is 2.63. The van der Waals surface area contributed by atoms with E-state index in [0.717, 1.165) is 56.7 Å². The van der Waals surface area contributed by atoms with Crippen LogP contribution in [-0.4, -0.2) is 43.4 Å². The van der Waals surface area contributed by atoms with E-state index in [-0.39, 0.29) is 0 Å². The van der Waals surface area contributed by atoms with Crippen molar-refractivity contribution in [1.82, 2.24) is 15.3 Å². The molecule has 1 fully saturated rings. The number of ether oxygens (including phenoxy) is 2. The molecule has 1 aliphatic rings. The highest BCUT2D eigenvalue weighted by Crippen LogP contribution is 2.13. The quantitative estimate of drug-likeness (QED) is 0.874. The fourth-order valence-corrected chi connectivity index (χ4v) is 2.50. The zero-order valence-corrected chi connectivity index (χ0v) is 13.4. The van der Waals surface area contributed by atoms with Crippen LogP contribution in [-0.2, 0) is 17.8 Å². The highest BCUT2D eigenvalue weighted by atomic mass is 16.5. The number of hydrogen-bond acceptors (Lipinski definition) is 6. The molecule has 2 aromatic rings. The first-order chi connectivity index (χ1) is 11.3. The number of methoxy groups -OCH3 is 1. The Morgan fingerprint density at radius 1 is 1.13 bits per heavy atom. The molecule has 1 aromatic carbocycles. The Balaban J connectivity index is 1.50. The van der Waals surface area contributed by atoms with Crippen molar-refractivity contribution in [1.29, 1.82) is 0 Å². The summed E-state index contributed by atoms with van der Waals surface area (Å²) >= 11 is 0. The minimum Gasteiger partial charge on any atom is -0.497 e. The van der Waals surface area contributed by atoms with Crippen LogP contribution in [0.25, 0.3) is 0 Å². The van der Waals surface area contributed by atoms with Gasteiger partial charge in [-0.3, -0.25) is 0 Å². The van der Waals surface area contributed by atoms with Crippen molar-refractivity contribution < 1.29 is 9.47 Å². The lowest BCUT2D eigenvalue weighted by Crippen LogP contribution is -2.37. The van der Waals surface area contributed by atoms with Crippen LogP contribution in [0.4, 0.5) is 5.95 Å². The van der Waals surface area contributed by atoms with Gasteiger partial charge in [0, 0.05) is 44.1 Å². The monoisotopic (exact) mass is 314 g/mol. The number of rotatable bonds is 6. The smallest absolute Gasteiger partial charge is 0.225 e. The molecule has 23 heavy (non-hydrogen) atoms. The fourth-order valence-electron chi connectivity index (χ4n) is 2.50. The topological polar surface area (TPSA) is 59.5 Å². The van der Waals surface area contributed by atoms with Crippen molar-refractivity contribution in [3.8, 4) is 5.75 Å². The molecule has 1 aliphatic heterocycles. The molecule has 0 bridgehead atoms. The van der Waals surface area contributed by atoms with Gasteiger partial charge in [-0.1, -0.05) is 12.1 Å². The highest BCUT2D eigenvalue weighted by molar-refractivity contribution is 5.30. The Morgan fingerprint density at radius 3 is 2.61 bits per heavy atom. The van der Waals surface area contributed by atoms with Gasteiger partial charge in [-0.05, 0) is 17.7 Å². The zero-order chi connectivity index (χ0) is 15.9. The van der Waals surface area contributed by atoms with E-state index >= 15 is 0 Å². The summed E-state index contributed by atoms with van der Waals surface area (Å²) in [5.74, 6) is 1.66. The van der Waals surface area contributed by atoms with Crippen molar-refractivity contribution in [3.05, 3.63) is 47.8 Å². The third-order valence-corrected chi connectivity index (χ3v) is 3.78. The van der Waals surface area contributed by atoms with Crippen LogP contribution in [0.3, 0.4) is 0 Å². The molecular formula is C17H22N4O2. The summed E-state index contributed by atoms with van der Waals surface area (Å²) in [7, 11) is 1.68. The molecule has 0 spiro atoms. The van der Waals surface area contributed by atoms with Crippen molar-refractivity contribution >= 4 is 5.95 Å². The summed E-state index contributed by atoms with van der Waals surface area (Å²) in [5.41, 5.74) is 2.26. The van der Waals surface area contributed by atoms with Crippen molar-refractivity contribution in [2.75, 3.05) is 38.3 Å². The van der Waals surface area contributed by atoms with Crippen LogP contribution >= 0.6 is 0 Å². The van der Waals surface area contributed by atoms with E-state index in [1.807, 2.05) is 30.6 Å². The Morgan fingerprint density at radius 2 is 1.87 bits per heavy atom. The second kappa shape index (κ2) is 7.89. The number of morpholine rings is 1. The van der Waals surface area contributed by atoms with Gasteiger partial charge in [0.15, 0.2) is 0 Å². The molecule has 122 valence electrons. The molecule has 0 radical (unpaired) electrons. The Labute approximate surface area is 136 Å². The average molecular weight is 314 g/mol. The summed E-state index contributed by atoms with van der Waals surface area (Å²) in [6, 6.07) is 8.05. The lowest BCUT2D eigenvalue weighted by molar-refractivity contribution is 0.122. The minimum atomic E-state index is 0.737. The number of hydrogen-bond donors (Lipinski definition) is 1. The summed E-state index contributed by atoms with van der Waals surface area (Å²) in [4.78, 5) is 11.1.